The fourth-order valence-corrected chi connectivity index (χ4v) is 7.29. The highest BCUT2D eigenvalue weighted by Gasteiger charge is 2.19. The maximum Gasteiger partial charge on any atom is 0.306 e. The molecule has 67 heavy (non-hydrogen) atoms. The molecule has 0 radical (unpaired) electrons. The Balaban J connectivity index is 4.51. The molecule has 0 saturated heterocycles. The molecule has 0 aliphatic heterocycles. The molecule has 0 heterocycles. The standard InChI is InChI=1S/C61H100O6/c1-4-7-10-13-16-19-22-25-27-29-30-32-33-36-39-42-45-48-51-54-60(63)66-57-58(56-65-59(62)53-50-47-44-41-38-35-24-21-18-15-12-9-6-3)67-61(64)55-52-49-46-43-40-37-34-31-28-26-23-20-17-14-11-8-5-2/h7,9-10,12,15-16,18-19,21,24-25,27,30,32,36,39,45,48,58H,4-6,8,11,13-14,17,20,22-23,26,28-29,31,33-35,37-38,40-44,46-47,49-57H2,1-3H3/b10-7+,12-9+,18-15+,19-16+,24-21+,27-25+,32-30+,39-36+,48-45+. The van der Waals surface area contributed by atoms with Gasteiger partial charge in [-0.05, 0) is 77.0 Å². The van der Waals surface area contributed by atoms with Crippen LogP contribution < -0.4 is 0 Å². The predicted molar refractivity (Wildman–Crippen MR) is 288 cm³/mol. The molecule has 0 amide bonds. The fraction of sp³-hybridized carbons (Fsp3) is 0.656. The third-order valence-electron chi connectivity index (χ3n) is 11.3. The van der Waals surface area contributed by atoms with Gasteiger partial charge in [0.1, 0.15) is 13.2 Å². The van der Waals surface area contributed by atoms with Gasteiger partial charge in [-0.25, -0.2) is 0 Å². The van der Waals surface area contributed by atoms with Gasteiger partial charge in [0.25, 0.3) is 0 Å². The topological polar surface area (TPSA) is 78.9 Å². The Hall–Kier alpha value is -3.93. The van der Waals surface area contributed by atoms with Crippen LogP contribution in [-0.2, 0) is 28.6 Å². The van der Waals surface area contributed by atoms with E-state index in [9.17, 15) is 14.4 Å². The highest BCUT2D eigenvalue weighted by Crippen LogP contribution is 2.15. The summed E-state index contributed by atoms with van der Waals surface area (Å²) >= 11 is 0. The number of hydrogen-bond donors (Lipinski definition) is 0. The van der Waals surface area contributed by atoms with E-state index in [-0.39, 0.29) is 37.5 Å². The number of carbonyl (C=O) groups excluding carboxylic acids is 3. The zero-order chi connectivity index (χ0) is 48.6. The summed E-state index contributed by atoms with van der Waals surface area (Å²) in [5.74, 6) is -1.02. The molecule has 0 spiro atoms. The first-order valence-corrected chi connectivity index (χ1v) is 27.4. The second-order valence-corrected chi connectivity index (χ2v) is 17.8. The van der Waals surface area contributed by atoms with Crippen LogP contribution in [0.5, 0.6) is 0 Å². The number of hydrogen-bond acceptors (Lipinski definition) is 6. The van der Waals surface area contributed by atoms with Gasteiger partial charge < -0.3 is 14.2 Å². The highest BCUT2D eigenvalue weighted by molar-refractivity contribution is 5.71. The summed E-state index contributed by atoms with van der Waals surface area (Å²) in [6.45, 7) is 6.31. The Morgan fingerprint density at radius 1 is 0.328 bits per heavy atom. The first-order chi connectivity index (χ1) is 33.0. The van der Waals surface area contributed by atoms with Gasteiger partial charge in [-0.2, -0.15) is 0 Å². The van der Waals surface area contributed by atoms with E-state index in [1.807, 2.05) is 6.08 Å². The van der Waals surface area contributed by atoms with Crippen molar-refractivity contribution < 1.29 is 28.6 Å². The van der Waals surface area contributed by atoms with Gasteiger partial charge in [-0.3, -0.25) is 14.4 Å². The van der Waals surface area contributed by atoms with E-state index in [2.05, 4.69) is 124 Å². The van der Waals surface area contributed by atoms with Crippen molar-refractivity contribution in [3.8, 4) is 0 Å². The lowest BCUT2D eigenvalue weighted by molar-refractivity contribution is -0.166. The zero-order valence-corrected chi connectivity index (χ0v) is 43.4. The Bertz CT molecular complexity index is 1390. The molecule has 0 aliphatic carbocycles. The molecule has 380 valence electrons. The quantitative estimate of drug-likeness (QED) is 0.0199. The first-order valence-electron chi connectivity index (χ1n) is 27.4. The van der Waals surface area contributed by atoms with E-state index in [0.717, 1.165) is 103 Å². The van der Waals surface area contributed by atoms with E-state index in [1.54, 1.807) is 0 Å². The monoisotopic (exact) mass is 929 g/mol. The Kier molecular flexibility index (Phi) is 51.5. The van der Waals surface area contributed by atoms with Crippen LogP contribution in [0.1, 0.15) is 239 Å². The van der Waals surface area contributed by atoms with Gasteiger partial charge >= 0.3 is 17.9 Å². The minimum absolute atomic E-state index is 0.112. The van der Waals surface area contributed by atoms with Gasteiger partial charge in [-0.15, -0.1) is 0 Å². The molecule has 0 saturated carbocycles. The van der Waals surface area contributed by atoms with E-state index >= 15 is 0 Å². The van der Waals surface area contributed by atoms with Crippen LogP contribution in [-0.4, -0.2) is 37.2 Å². The number of unbranched alkanes of at least 4 members (excludes halogenated alkanes) is 21. The molecule has 0 aromatic heterocycles. The minimum atomic E-state index is -0.817. The minimum Gasteiger partial charge on any atom is -0.462 e. The second kappa shape index (κ2) is 54.7. The van der Waals surface area contributed by atoms with Crippen LogP contribution in [0.4, 0.5) is 0 Å². The number of ether oxygens (including phenoxy) is 3. The lowest BCUT2D eigenvalue weighted by Crippen LogP contribution is -2.30. The van der Waals surface area contributed by atoms with Crippen molar-refractivity contribution >= 4 is 17.9 Å². The van der Waals surface area contributed by atoms with Gasteiger partial charge in [0.15, 0.2) is 6.10 Å². The van der Waals surface area contributed by atoms with Crippen LogP contribution >= 0.6 is 0 Å². The van der Waals surface area contributed by atoms with Crippen molar-refractivity contribution in [3.63, 3.8) is 0 Å². The maximum absolute atomic E-state index is 12.8. The third-order valence-corrected chi connectivity index (χ3v) is 11.3. The van der Waals surface area contributed by atoms with Crippen LogP contribution in [0.15, 0.2) is 109 Å². The third kappa shape index (κ3) is 52.9. The number of carbonyl (C=O) groups is 3. The van der Waals surface area contributed by atoms with Gasteiger partial charge in [0.2, 0.25) is 0 Å². The summed E-state index contributed by atoms with van der Waals surface area (Å²) in [5, 5.41) is 0. The lowest BCUT2D eigenvalue weighted by atomic mass is 10.0. The summed E-state index contributed by atoms with van der Waals surface area (Å²) in [6.07, 6.45) is 73.7. The van der Waals surface area contributed by atoms with Crippen molar-refractivity contribution in [1.82, 2.24) is 0 Å². The average molecular weight is 929 g/mol. The van der Waals surface area contributed by atoms with E-state index < -0.39 is 6.10 Å². The summed E-state index contributed by atoms with van der Waals surface area (Å²) in [4.78, 5) is 38.0. The molecule has 1 unspecified atom stereocenters. The van der Waals surface area contributed by atoms with Crippen LogP contribution in [0, 0.1) is 0 Å². The van der Waals surface area contributed by atoms with Crippen molar-refractivity contribution in [3.05, 3.63) is 109 Å². The summed E-state index contributed by atoms with van der Waals surface area (Å²) in [5.41, 5.74) is 0. The summed E-state index contributed by atoms with van der Waals surface area (Å²) < 4.78 is 16.7. The van der Waals surface area contributed by atoms with Crippen molar-refractivity contribution in [2.24, 2.45) is 0 Å². The van der Waals surface area contributed by atoms with E-state index in [4.69, 9.17) is 14.2 Å². The molecule has 0 rings (SSSR count). The molecule has 1 atom stereocenters. The van der Waals surface area contributed by atoms with E-state index in [0.29, 0.717) is 19.3 Å². The normalized spacial score (nSPS) is 12.9. The van der Waals surface area contributed by atoms with Gasteiger partial charge in [-0.1, -0.05) is 252 Å². The maximum atomic E-state index is 12.8. The molecule has 6 heteroatoms. The molecule has 0 aliphatic rings. The number of allylic oxidation sites excluding steroid dienone is 18. The van der Waals surface area contributed by atoms with Crippen molar-refractivity contribution in [2.75, 3.05) is 13.2 Å². The SMILES string of the molecule is CC/C=C/C=C/C=C/CCCCCCCC(=O)OCC(COC(=O)CC/C=C/C/C=C/C/C=C/C/C=C/C/C=C/C/C=C/CC)OC(=O)CCCCCCCCCCCCCCCCCCC. The Morgan fingerprint density at radius 3 is 1.13 bits per heavy atom. The zero-order valence-electron chi connectivity index (χ0n) is 43.4. The largest absolute Gasteiger partial charge is 0.462 e. The Morgan fingerprint density at radius 2 is 0.687 bits per heavy atom. The smallest absolute Gasteiger partial charge is 0.306 e. The molecule has 0 aromatic rings. The van der Waals surface area contributed by atoms with Crippen LogP contribution in [0.3, 0.4) is 0 Å². The molecule has 0 aromatic carbocycles. The molecule has 0 N–H and O–H groups in total. The Labute approximate surface area is 412 Å². The highest BCUT2D eigenvalue weighted by atomic mass is 16.6. The second-order valence-electron chi connectivity index (χ2n) is 17.8. The predicted octanol–water partition coefficient (Wildman–Crippen LogP) is 18.3. The lowest BCUT2D eigenvalue weighted by Gasteiger charge is -2.18. The van der Waals surface area contributed by atoms with Crippen molar-refractivity contribution in [1.29, 1.82) is 0 Å². The summed E-state index contributed by atoms with van der Waals surface area (Å²) in [7, 11) is 0. The van der Waals surface area contributed by atoms with Gasteiger partial charge in [0, 0.05) is 19.3 Å². The number of rotatable bonds is 48. The average Bonchev–Trinajstić information content (AvgIpc) is 3.33. The molecule has 6 nitrogen and oxygen atoms in total. The summed E-state index contributed by atoms with van der Waals surface area (Å²) in [6, 6.07) is 0. The molecule has 0 bridgehead atoms. The van der Waals surface area contributed by atoms with Crippen molar-refractivity contribution in [2.45, 2.75) is 245 Å². The number of esters is 3. The fourth-order valence-electron chi connectivity index (χ4n) is 7.29. The van der Waals surface area contributed by atoms with Crippen LogP contribution in [0.25, 0.3) is 0 Å². The molecular formula is C61H100O6. The van der Waals surface area contributed by atoms with Gasteiger partial charge in [0.05, 0.1) is 0 Å². The van der Waals surface area contributed by atoms with E-state index in [1.165, 1.54) is 89.9 Å². The molecular weight excluding hydrogens is 829 g/mol. The van der Waals surface area contributed by atoms with Crippen LogP contribution in [0.2, 0.25) is 0 Å². The molecule has 0 fully saturated rings. The first kappa shape index (κ1) is 63.1.